The second-order valence-corrected chi connectivity index (χ2v) is 12.5. The monoisotopic (exact) mass is 414 g/mol. The number of rotatable bonds is 4. The lowest BCUT2D eigenvalue weighted by atomic mass is 9.71. The molecule has 0 spiro atoms. The standard InChI is InChI=1S/C19H30N2O4S2/c1-15-12-16(14-19(2,3)13-15)20-27(24,25)18-8-6-17(7-9-18)21-10-4-5-11-26(21,22)23/h6-9,15-16,20H,4-5,10-14H2,1-3H3/t15-,16+/m1/s1. The van der Waals surface area contributed by atoms with Crippen LogP contribution in [0.1, 0.15) is 52.9 Å². The number of hydrogen-bond acceptors (Lipinski definition) is 4. The molecular formula is C19H30N2O4S2. The summed E-state index contributed by atoms with van der Waals surface area (Å²) in [7, 11) is -6.93. The average Bonchev–Trinajstić information content (AvgIpc) is 2.52. The number of hydrogen-bond donors (Lipinski definition) is 1. The fraction of sp³-hybridized carbons (Fsp3) is 0.684. The Balaban J connectivity index is 1.76. The Morgan fingerprint density at radius 3 is 2.37 bits per heavy atom. The van der Waals surface area contributed by atoms with Crippen molar-refractivity contribution < 1.29 is 16.8 Å². The van der Waals surface area contributed by atoms with E-state index in [1.54, 1.807) is 12.1 Å². The molecule has 8 heteroatoms. The maximum absolute atomic E-state index is 12.8. The van der Waals surface area contributed by atoms with Crippen molar-refractivity contribution in [3.8, 4) is 0 Å². The van der Waals surface area contributed by atoms with Crippen LogP contribution in [0.5, 0.6) is 0 Å². The van der Waals surface area contributed by atoms with Crippen LogP contribution in [0.3, 0.4) is 0 Å². The minimum Gasteiger partial charge on any atom is -0.270 e. The lowest BCUT2D eigenvalue weighted by molar-refractivity contribution is 0.163. The molecule has 27 heavy (non-hydrogen) atoms. The lowest BCUT2D eigenvalue weighted by Gasteiger charge is -2.39. The Bertz CT molecular complexity index is 877. The van der Waals surface area contributed by atoms with Gasteiger partial charge in [0.25, 0.3) is 0 Å². The van der Waals surface area contributed by atoms with E-state index < -0.39 is 20.0 Å². The third kappa shape index (κ3) is 4.84. The average molecular weight is 415 g/mol. The van der Waals surface area contributed by atoms with Crippen LogP contribution in [0.2, 0.25) is 0 Å². The van der Waals surface area contributed by atoms with Gasteiger partial charge in [0.2, 0.25) is 20.0 Å². The molecule has 152 valence electrons. The van der Waals surface area contributed by atoms with Crippen molar-refractivity contribution in [2.75, 3.05) is 16.6 Å². The Hall–Kier alpha value is -1.12. The molecule has 0 amide bonds. The first-order valence-corrected chi connectivity index (χ1v) is 12.7. The quantitative estimate of drug-likeness (QED) is 0.820. The van der Waals surface area contributed by atoms with Gasteiger partial charge < -0.3 is 0 Å². The van der Waals surface area contributed by atoms with Crippen LogP contribution in [0.25, 0.3) is 0 Å². The number of nitrogens with one attached hydrogen (secondary N) is 1. The smallest absolute Gasteiger partial charge is 0.240 e. The van der Waals surface area contributed by atoms with Gasteiger partial charge >= 0.3 is 0 Å². The molecule has 2 aliphatic rings. The molecule has 1 aromatic carbocycles. The first-order chi connectivity index (χ1) is 12.5. The molecule has 2 fully saturated rings. The van der Waals surface area contributed by atoms with Crippen LogP contribution in [0.15, 0.2) is 29.2 Å². The third-order valence-electron chi connectivity index (χ3n) is 5.49. The predicted octanol–water partition coefficient (Wildman–Crippen LogP) is 3.11. The third-order valence-corrected chi connectivity index (χ3v) is 8.90. The summed E-state index contributed by atoms with van der Waals surface area (Å²) in [6.45, 7) is 6.97. The highest BCUT2D eigenvalue weighted by atomic mass is 32.2. The Labute approximate surface area is 163 Å². The van der Waals surface area contributed by atoms with E-state index in [0.29, 0.717) is 24.6 Å². The predicted molar refractivity (Wildman–Crippen MR) is 108 cm³/mol. The Morgan fingerprint density at radius 1 is 1.11 bits per heavy atom. The molecule has 1 aliphatic carbocycles. The van der Waals surface area contributed by atoms with E-state index in [4.69, 9.17) is 0 Å². The molecule has 1 aromatic rings. The molecule has 6 nitrogen and oxygen atoms in total. The Morgan fingerprint density at radius 2 is 1.78 bits per heavy atom. The summed E-state index contributed by atoms with van der Waals surface area (Å²) in [5.41, 5.74) is 0.651. The summed E-state index contributed by atoms with van der Waals surface area (Å²) in [5, 5.41) is 0. The molecule has 0 aromatic heterocycles. The summed E-state index contributed by atoms with van der Waals surface area (Å²) in [6, 6.07) is 6.10. The second kappa shape index (κ2) is 7.37. The van der Waals surface area contributed by atoms with Gasteiger partial charge in [0, 0.05) is 12.6 Å². The van der Waals surface area contributed by atoms with Crippen LogP contribution >= 0.6 is 0 Å². The van der Waals surface area contributed by atoms with E-state index in [1.165, 1.54) is 16.4 Å². The molecule has 1 aliphatic heterocycles. The minimum absolute atomic E-state index is 0.0732. The molecule has 1 saturated heterocycles. The van der Waals surface area contributed by atoms with Crippen LogP contribution in [0.4, 0.5) is 5.69 Å². The van der Waals surface area contributed by atoms with E-state index in [1.807, 2.05) is 0 Å². The number of sulfonamides is 2. The number of nitrogens with zero attached hydrogens (tertiary/aromatic N) is 1. The van der Waals surface area contributed by atoms with Gasteiger partial charge in [0.15, 0.2) is 0 Å². The fourth-order valence-electron chi connectivity index (χ4n) is 4.59. The molecule has 0 unspecified atom stereocenters. The molecule has 2 atom stereocenters. The van der Waals surface area contributed by atoms with E-state index in [0.717, 1.165) is 25.7 Å². The summed E-state index contributed by atoms with van der Waals surface area (Å²) in [5.74, 6) is 0.623. The van der Waals surface area contributed by atoms with Gasteiger partial charge in [-0.25, -0.2) is 21.6 Å². The summed E-state index contributed by atoms with van der Waals surface area (Å²) < 4.78 is 54.2. The van der Waals surface area contributed by atoms with Crippen LogP contribution < -0.4 is 9.03 Å². The lowest BCUT2D eigenvalue weighted by Crippen LogP contribution is -2.42. The highest BCUT2D eigenvalue weighted by Crippen LogP contribution is 2.39. The molecule has 0 bridgehead atoms. The zero-order valence-electron chi connectivity index (χ0n) is 16.3. The molecule has 1 saturated carbocycles. The van der Waals surface area contributed by atoms with Gasteiger partial charge in [-0.3, -0.25) is 4.31 Å². The first-order valence-electron chi connectivity index (χ1n) is 9.61. The van der Waals surface area contributed by atoms with Gasteiger partial charge in [-0.05, 0) is 67.7 Å². The van der Waals surface area contributed by atoms with Gasteiger partial charge in [-0.1, -0.05) is 20.8 Å². The van der Waals surface area contributed by atoms with E-state index >= 15 is 0 Å². The Kier molecular flexibility index (Phi) is 5.62. The van der Waals surface area contributed by atoms with Crippen molar-refractivity contribution >= 4 is 25.7 Å². The minimum atomic E-state index is -3.63. The van der Waals surface area contributed by atoms with Gasteiger partial charge in [0.1, 0.15) is 0 Å². The normalized spacial score (nSPS) is 28.0. The number of benzene rings is 1. The van der Waals surface area contributed by atoms with Crippen LogP contribution in [0, 0.1) is 11.3 Å². The van der Waals surface area contributed by atoms with Gasteiger partial charge in [-0.15, -0.1) is 0 Å². The molecule has 1 heterocycles. The molecular weight excluding hydrogens is 384 g/mol. The fourth-order valence-corrected chi connectivity index (χ4v) is 7.48. The van der Waals surface area contributed by atoms with Crippen molar-refractivity contribution in [3.05, 3.63) is 24.3 Å². The highest BCUT2D eigenvalue weighted by Gasteiger charge is 2.34. The number of anilines is 1. The zero-order valence-corrected chi connectivity index (χ0v) is 17.9. The largest absolute Gasteiger partial charge is 0.270 e. The zero-order chi connectivity index (χ0) is 19.9. The van der Waals surface area contributed by atoms with Crippen LogP contribution in [-0.2, 0) is 20.0 Å². The topological polar surface area (TPSA) is 83.6 Å². The maximum atomic E-state index is 12.8. The van der Waals surface area contributed by atoms with E-state index in [2.05, 4.69) is 25.5 Å². The van der Waals surface area contributed by atoms with Crippen molar-refractivity contribution in [2.45, 2.75) is 63.8 Å². The molecule has 1 N–H and O–H groups in total. The summed E-state index contributed by atoms with van der Waals surface area (Å²) in [4.78, 5) is 0.177. The molecule has 0 radical (unpaired) electrons. The SMILES string of the molecule is C[C@@H]1C[C@H](NS(=O)(=O)c2ccc(N3CCCCS3(=O)=O)cc2)CC(C)(C)C1. The highest BCUT2D eigenvalue weighted by molar-refractivity contribution is 7.92. The summed E-state index contributed by atoms with van der Waals surface area (Å²) in [6.07, 6.45) is 4.25. The van der Waals surface area contributed by atoms with E-state index in [9.17, 15) is 16.8 Å². The van der Waals surface area contributed by atoms with Crippen molar-refractivity contribution in [3.63, 3.8) is 0 Å². The molecule has 3 rings (SSSR count). The van der Waals surface area contributed by atoms with Crippen molar-refractivity contribution in [1.29, 1.82) is 0 Å². The van der Waals surface area contributed by atoms with Crippen molar-refractivity contribution in [2.24, 2.45) is 11.3 Å². The maximum Gasteiger partial charge on any atom is 0.240 e. The van der Waals surface area contributed by atoms with Gasteiger partial charge in [-0.2, -0.15) is 0 Å². The van der Waals surface area contributed by atoms with Gasteiger partial charge in [0.05, 0.1) is 16.3 Å². The van der Waals surface area contributed by atoms with Crippen molar-refractivity contribution in [1.82, 2.24) is 4.72 Å². The summed E-state index contributed by atoms with van der Waals surface area (Å²) >= 11 is 0. The second-order valence-electron chi connectivity index (χ2n) is 8.82. The van der Waals surface area contributed by atoms with E-state index in [-0.39, 0.29) is 22.1 Å². The van der Waals surface area contributed by atoms with Crippen LogP contribution in [-0.4, -0.2) is 35.2 Å². The first kappa shape index (κ1) is 20.6.